The molecule has 1 aliphatic heterocycles. The van der Waals surface area contributed by atoms with Crippen molar-refractivity contribution in [2.75, 3.05) is 23.3 Å². The number of methoxy groups -OCH3 is 1. The lowest BCUT2D eigenvalue weighted by atomic mass is 9.95. The third-order valence-electron chi connectivity index (χ3n) is 5.24. The summed E-state index contributed by atoms with van der Waals surface area (Å²) in [5, 5.41) is 3.46. The number of fused-ring (bicyclic) bond motifs is 1. The van der Waals surface area contributed by atoms with E-state index in [1.165, 1.54) is 17.5 Å². The van der Waals surface area contributed by atoms with Crippen LogP contribution in [0.5, 0.6) is 5.75 Å². The second-order valence-corrected chi connectivity index (χ2v) is 9.87. The molecule has 0 saturated carbocycles. The highest BCUT2D eigenvalue weighted by Gasteiger charge is 2.41. The first-order valence-electron chi connectivity index (χ1n) is 10.0. The fraction of sp³-hybridized carbons (Fsp3) is 0.125. The summed E-state index contributed by atoms with van der Waals surface area (Å²) in [6, 6.07) is 18.5. The molecule has 0 aliphatic carbocycles. The zero-order valence-corrected chi connectivity index (χ0v) is 20.1. The van der Waals surface area contributed by atoms with E-state index in [4.69, 9.17) is 27.9 Å². The first-order valence-corrected chi connectivity index (χ1v) is 12.2. The van der Waals surface area contributed by atoms with E-state index in [0.29, 0.717) is 32.6 Å². The first kappa shape index (κ1) is 23.2. The number of halogens is 2. The molecule has 0 radical (unpaired) electrons. The smallest absolute Gasteiger partial charge is 0.270 e. The summed E-state index contributed by atoms with van der Waals surface area (Å²) in [6.45, 7) is 1.84. The number of amides is 1. The molecule has 1 heterocycles. The molecule has 4 rings (SSSR count). The number of rotatable bonds is 5. The standard InChI is InChI=1S/C24H20Cl2N2O4S/c1-3-28-20-11-9-16(25)13-18(20)22(15-7-5-4-6-8-15)23(33(28,30)31)24(29)27-19-14-17(26)10-12-21(19)32-2/h4-14H,3H2,1-2H3,(H,27,29). The van der Waals surface area contributed by atoms with Crippen molar-refractivity contribution in [3.05, 3.63) is 92.8 Å². The maximum Gasteiger partial charge on any atom is 0.270 e. The second kappa shape index (κ2) is 9.09. The van der Waals surface area contributed by atoms with Crippen molar-refractivity contribution >= 4 is 56.1 Å². The molecule has 6 nitrogen and oxygen atoms in total. The normalized spacial score (nSPS) is 14.6. The van der Waals surface area contributed by atoms with Gasteiger partial charge in [-0.2, -0.15) is 0 Å². The van der Waals surface area contributed by atoms with Crippen molar-refractivity contribution in [2.24, 2.45) is 0 Å². The summed E-state index contributed by atoms with van der Waals surface area (Å²) in [6.07, 6.45) is 0. The van der Waals surface area contributed by atoms with Crippen LogP contribution in [0.4, 0.5) is 11.4 Å². The minimum absolute atomic E-state index is 0.135. The number of ether oxygens (including phenoxy) is 1. The van der Waals surface area contributed by atoms with Crippen molar-refractivity contribution < 1.29 is 17.9 Å². The number of nitrogens with one attached hydrogen (secondary N) is 1. The van der Waals surface area contributed by atoms with Crippen molar-refractivity contribution in [2.45, 2.75) is 6.92 Å². The minimum atomic E-state index is -4.20. The van der Waals surface area contributed by atoms with Gasteiger partial charge >= 0.3 is 0 Å². The van der Waals surface area contributed by atoms with Gasteiger partial charge in [0.2, 0.25) is 0 Å². The fourth-order valence-corrected chi connectivity index (χ4v) is 5.93. The van der Waals surface area contributed by atoms with Gasteiger partial charge in [-0.3, -0.25) is 9.10 Å². The lowest BCUT2D eigenvalue weighted by Gasteiger charge is -2.33. The SMILES string of the molecule is CCN1c2ccc(Cl)cc2C(c2ccccc2)=C(C(=O)Nc2cc(Cl)ccc2OC)S1(=O)=O. The van der Waals surface area contributed by atoms with Gasteiger partial charge in [0.05, 0.1) is 18.5 Å². The van der Waals surface area contributed by atoms with E-state index in [1.54, 1.807) is 61.5 Å². The van der Waals surface area contributed by atoms with Gasteiger partial charge in [0.15, 0.2) is 4.91 Å². The number of carbonyl (C=O) groups excluding carboxylic acids is 1. The predicted molar refractivity (Wildman–Crippen MR) is 132 cm³/mol. The molecule has 1 amide bonds. The molecule has 0 fully saturated rings. The van der Waals surface area contributed by atoms with Crippen LogP contribution >= 0.6 is 23.2 Å². The minimum Gasteiger partial charge on any atom is -0.495 e. The molecular weight excluding hydrogens is 483 g/mol. The Morgan fingerprint density at radius 1 is 1.00 bits per heavy atom. The van der Waals surface area contributed by atoms with E-state index in [0.717, 1.165) is 0 Å². The molecule has 33 heavy (non-hydrogen) atoms. The largest absolute Gasteiger partial charge is 0.495 e. The summed E-state index contributed by atoms with van der Waals surface area (Å²) >= 11 is 12.4. The number of hydrogen-bond acceptors (Lipinski definition) is 4. The van der Waals surface area contributed by atoms with E-state index < -0.39 is 15.9 Å². The Labute approximate surface area is 202 Å². The maximum atomic E-state index is 13.7. The zero-order valence-electron chi connectivity index (χ0n) is 17.8. The molecule has 9 heteroatoms. The Kier molecular flexibility index (Phi) is 6.38. The van der Waals surface area contributed by atoms with E-state index in [-0.39, 0.29) is 22.7 Å². The Hall–Kier alpha value is -3.00. The van der Waals surface area contributed by atoms with Gasteiger partial charge in [0.1, 0.15) is 5.75 Å². The van der Waals surface area contributed by atoms with Gasteiger partial charge in [-0.15, -0.1) is 0 Å². The monoisotopic (exact) mass is 502 g/mol. The van der Waals surface area contributed by atoms with Crippen LogP contribution in [0.15, 0.2) is 71.6 Å². The fourth-order valence-electron chi connectivity index (χ4n) is 3.84. The van der Waals surface area contributed by atoms with E-state index in [9.17, 15) is 13.2 Å². The molecular formula is C24H20Cl2N2O4S. The molecule has 1 aliphatic rings. The van der Waals surface area contributed by atoms with Crippen LogP contribution in [-0.2, 0) is 14.8 Å². The highest BCUT2D eigenvalue weighted by Crippen LogP contribution is 2.44. The number of nitrogens with zero attached hydrogens (tertiary/aromatic N) is 1. The number of hydrogen-bond donors (Lipinski definition) is 1. The maximum absolute atomic E-state index is 13.7. The van der Waals surface area contributed by atoms with Gasteiger partial charge < -0.3 is 10.1 Å². The quantitative estimate of drug-likeness (QED) is 0.494. The van der Waals surface area contributed by atoms with Crippen molar-refractivity contribution in [1.29, 1.82) is 0 Å². The highest BCUT2D eigenvalue weighted by atomic mass is 35.5. The Bertz CT molecular complexity index is 1370. The number of benzene rings is 3. The van der Waals surface area contributed by atoms with Gasteiger partial charge in [0, 0.05) is 27.7 Å². The van der Waals surface area contributed by atoms with Crippen molar-refractivity contribution in [3.8, 4) is 5.75 Å². The van der Waals surface area contributed by atoms with Crippen LogP contribution in [0.1, 0.15) is 18.1 Å². The van der Waals surface area contributed by atoms with Crippen LogP contribution < -0.4 is 14.4 Å². The molecule has 3 aromatic rings. The van der Waals surface area contributed by atoms with Crippen molar-refractivity contribution in [1.82, 2.24) is 0 Å². The highest BCUT2D eigenvalue weighted by molar-refractivity contribution is 7.97. The van der Waals surface area contributed by atoms with E-state index in [2.05, 4.69) is 5.32 Å². The molecule has 170 valence electrons. The molecule has 1 N–H and O–H groups in total. The van der Waals surface area contributed by atoms with Gasteiger partial charge in [0.25, 0.3) is 15.9 Å². The van der Waals surface area contributed by atoms with Gasteiger partial charge in [-0.1, -0.05) is 53.5 Å². The molecule has 0 spiro atoms. The number of sulfonamides is 1. The zero-order chi connectivity index (χ0) is 23.8. The van der Waals surface area contributed by atoms with Gasteiger partial charge in [-0.25, -0.2) is 8.42 Å². The second-order valence-electron chi connectivity index (χ2n) is 7.20. The van der Waals surface area contributed by atoms with Crippen LogP contribution in [0.3, 0.4) is 0 Å². The summed E-state index contributed by atoms with van der Waals surface area (Å²) in [5.41, 5.74) is 2.11. The summed E-state index contributed by atoms with van der Waals surface area (Å²) in [5.74, 6) is -0.461. The van der Waals surface area contributed by atoms with Crippen LogP contribution in [-0.4, -0.2) is 28.0 Å². The van der Waals surface area contributed by atoms with E-state index in [1.807, 2.05) is 6.07 Å². The molecule has 0 saturated heterocycles. The molecule has 0 bridgehead atoms. The summed E-state index contributed by atoms with van der Waals surface area (Å²) in [4.78, 5) is 13.2. The average molecular weight is 503 g/mol. The first-order chi connectivity index (χ1) is 15.8. The average Bonchev–Trinajstić information content (AvgIpc) is 2.78. The van der Waals surface area contributed by atoms with Crippen LogP contribution in [0.2, 0.25) is 10.0 Å². The summed E-state index contributed by atoms with van der Waals surface area (Å²) in [7, 11) is -2.76. The molecule has 0 unspecified atom stereocenters. The third kappa shape index (κ3) is 4.19. The molecule has 0 atom stereocenters. The topological polar surface area (TPSA) is 75.7 Å². The molecule has 0 aromatic heterocycles. The van der Waals surface area contributed by atoms with Crippen molar-refractivity contribution in [3.63, 3.8) is 0 Å². The lowest BCUT2D eigenvalue weighted by molar-refractivity contribution is -0.112. The Morgan fingerprint density at radius 3 is 2.33 bits per heavy atom. The Balaban J connectivity index is 2.00. The third-order valence-corrected chi connectivity index (χ3v) is 7.65. The Morgan fingerprint density at radius 2 is 1.67 bits per heavy atom. The predicted octanol–water partition coefficient (Wildman–Crippen LogP) is 5.57. The molecule has 3 aromatic carbocycles. The summed E-state index contributed by atoms with van der Waals surface area (Å²) < 4.78 is 34.0. The van der Waals surface area contributed by atoms with Crippen LogP contribution in [0.25, 0.3) is 5.57 Å². The van der Waals surface area contributed by atoms with Crippen LogP contribution in [0, 0.1) is 0 Å². The number of anilines is 2. The van der Waals surface area contributed by atoms with Gasteiger partial charge in [-0.05, 0) is 48.9 Å². The van der Waals surface area contributed by atoms with E-state index >= 15 is 0 Å². The lowest BCUT2D eigenvalue weighted by Crippen LogP contribution is -2.39. The number of carbonyl (C=O) groups is 1.